The van der Waals surface area contributed by atoms with Crippen molar-refractivity contribution in [3.8, 4) is 11.3 Å². The SMILES string of the molecule is Ic1ccc(-c2ccc(/C=N\Nc3nc(Nc4ccccc4)nc(Nc4ccccc4)n3)o2)cc1. The number of rotatable bonds is 8. The molecule has 0 radical (unpaired) electrons. The Morgan fingerprint density at radius 3 is 1.83 bits per heavy atom. The van der Waals surface area contributed by atoms with Gasteiger partial charge >= 0.3 is 0 Å². The molecule has 8 nitrogen and oxygen atoms in total. The minimum atomic E-state index is 0.275. The van der Waals surface area contributed by atoms with Crippen LogP contribution in [-0.4, -0.2) is 21.2 Å². The molecule has 0 bridgehead atoms. The molecular weight excluding hydrogens is 553 g/mol. The van der Waals surface area contributed by atoms with E-state index in [1.165, 1.54) is 3.57 Å². The normalized spacial score (nSPS) is 10.9. The van der Waals surface area contributed by atoms with E-state index in [0.29, 0.717) is 17.7 Å². The zero-order valence-corrected chi connectivity index (χ0v) is 20.5. The van der Waals surface area contributed by atoms with Gasteiger partial charge in [0, 0.05) is 20.5 Å². The number of hydrogen-bond acceptors (Lipinski definition) is 8. The Labute approximate surface area is 215 Å². The van der Waals surface area contributed by atoms with E-state index < -0.39 is 0 Å². The van der Waals surface area contributed by atoms with Gasteiger partial charge in [0.2, 0.25) is 17.8 Å². The summed E-state index contributed by atoms with van der Waals surface area (Å²) in [5, 5.41) is 10.6. The molecule has 5 rings (SSSR count). The van der Waals surface area contributed by atoms with Crippen LogP contribution in [0, 0.1) is 3.57 Å². The van der Waals surface area contributed by atoms with Crippen LogP contribution < -0.4 is 16.1 Å². The van der Waals surface area contributed by atoms with Gasteiger partial charge in [-0.3, -0.25) is 0 Å². The van der Waals surface area contributed by atoms with E-state index in [1.807, 2.05) is 97.1 Å². The molecule has 3 N–H and O–H groups in total. The molecule has 0 unspecified atom stereocenters. The van der Waals surface area contributed by atoms with Crippen molar-refractivity contribution in [3.63, 3.8) is 0 Å². The second-order valence-electron chi connectivity index (χ2n) is 7.37. The summed E-state index contributed by atoms with van der Waals surface area (Å²) in [4.78, 5) is 13.3. The summed E-state index contributed by atoms with van der Waals surface area (Å²) in [6.07, 6.45) is 1.58. The second kappa shape index (κ2) is 10.8. The number of para-hydroxylation sites is 2. The molecule has 2 aromatic heterocycles. The number of furan rings is 1. The third-order valence-electron chi connectivity index (χ3n) is 4.81. The zero-order valence-electron chi connectivity index (χ0n) is 18.4. The van der Waals surface area contributed by atoms with Crippen molar-refractivity contribution in [2.24, 2.45) is 5.10 Å². The molecule has 0 saturated carbocycles. The van der Waals surface area contributed by atoms with Crippen LogP contribution in [-0.2, 0) is 0 Å². The van der Waals surface area contributed by atoms with Crippen molar-refractivity contribution in [3.05, 3.63) is 106 Å². The number of aromatic nitrogens is 3. The van der Waals surface area contributed by atoms with Crippen LogP contribution >= 0.6 is 22.6 Å². The Balaban J connectivity index is 1.34. The van der Waals surface area contributed by atoms with Gasteiger partial charge in [-0.1, -0.05) is 48.5 Å². The monoisotopic (exact) mass is 573 g/mol. The number of nitrogens with zero attached hydrogens (tertiary/aromatic N) is 4. The highest BCUT2D eigenvalue weighted by atomic mass is 127. The summed E-state index contributed by atoms with van der Waals surface area (Å²) >= 11 is 2.28. The van der Waals surface area contributed by atoms with Gasteiger partial charge in [-0.25, -0.2) is 5.43 Å². The first-order valence-corrected chi connectivity index (χ1v) is 11.8. The first-order chi connectivity index (χ1) is 17.2. The number of hydrazone groups is 1. The Kier molecular flexibility index (Phi) is 6.94. The molecule has 9 heteroatoms. The van der Waals surface area contributed by atoms with Crippen LogP contribution in [0.4, 0.5) is 29.2 Å². The molecule has 172 valence electrons. The van der Waals surface area contributed by atoms with E-state index in [2.05, 4.69) is 58.7 Å². The van der Waals surface area contributed by atoms with E-state index in [0.717, 1.165) is 22.7 Å². The van der Waals surface area contributed by atoms with Gasteiger partial charge in [0.1, 0.15) is 11.5 Å². The topological polar surface area (TPSA) is 100 Å². The fraction of sp³-hybridized carbons (Fsp3) is 0. The molecule has 0 atom stereocenters. The van der Waals surface area contributed by atoms with Crippen molar-refractivity contribution in [1.82, 2.24) is 15.0 Å². The number of anilines is 5. The molecule has 0 aliphatic heterocycles. The Morgan fingerprint density at radius 2 is 1.23 bits per heavy atom. The quantitative estimate of drug-likeness (QED) is 0.108. The van der Waals surface area contributed by atoms with Crippen molar-refractivity contribution < 1.29 is 4.42 Å². The fourth-order valence-corrected chi connectivity index (χ4v) is 3.54. The first kappa shape index (κ1) is 22.5. The van der Waals surface area contributed by atoms with E-state index in [9.17, 15) is 0 Å². The van der Waals surface area contributed by atoms with Crippen molar-refractivity contribution >= 4 is 58.0 Å². The van der Waals surface area contributed by atoms with Gasteiger partial charge < -0.3 is 15.1 Å². The predicted molar refractivity (Wildman–Crippen MR) is 147 cm³/mol. The molecule has 0 spiro atoms. The standard InChI is InChI=1S/C26H20IN7O/c27-19-13-11-18(12-14-19)23-16-15-22(35-23)17-28-34-26-32-24(29-20-7-3-1-4-8-20)31-25(33-26)30-21-9-5-2-6-10-21/h1-17H,(H3,29,30,31,32,33,34)/b28-17-. The van der Waals surface area contributed by atoms with E-state index in [-0.39, 0.29) is 5.95 Å². The largest absolute Gasteiger partial charge is 0.455 e. The molecule has 0 amide bonds. The smallest absolute Gasteiger partial charge is 0.250 e. The minimum absolute atomic E-state index is 0.275. The van der Waals surface area contributed by atoms with Crippen LogP contribution in [0.1, 0.15) is 5.76 Å². The lowest BCUT2D eigenvalue weighted by Crippen LogP contribution is -2.07. The maximum absolute atomic E-state index is 5.88. The van der Waals surface area contributed by atoms with Gasteiger partial charge in [0.05, 0.1) is 6.21 Å². The van der Waals surface area contributed by atoms with Crippen LogP contribution in [0.25, 0.3) is 11.3 Å². The second-order valence-corrected chi connectivity index (χ2v) is 8.61. The molecule has 5 aromatic rings. The molecule has 0 fully saturated rings. The number of benzene rings is 3. The van der Waals surface area contributed by atoms with Crippen LogP contribution in [0.5, 0.6) is 0 Å². The van der Waals surface area contributed by atoms with Crippen LogP contribution in [0.15, 0.2) is 107 Å². The van der Waals surface area contributed by atoms with Gasteiger partial charge in [-0.2, -0.15) is 20.1 Å². The summed E-state index contributed by atoms with van der Waals surface area (Å²) in [5.74, 6) is 2.40. The Morgan fingerprint density at radius 1 is 0.657 bits per heavy atom. The third-order valence-corrected chi connectivity index (χ3v) is 5.53. The van der Waals surface area contributed by atoms with Crippen molar-refractivity contribution in [2.45, 2.75) is 0 Å². The van der Waals surface area contributed by atoms with Crippen LogP contribution in [0.3, 0.4) is 0 Å². The Hall–Kier alpha value is -4.25. The van der Waals surface area contributed by atoms with Gasteiger partial charge in [0.25, 0.3) is 0 Å². The first-order valence-electron chi connectivity index (χ1n) is 10.8. The fourth-order valence-electron chi connectivity index (χ4n) is 3.18. The maximum atomic E-state index is 5.88. The molecule has 3 aromatic carbocycles. The minimum Gasteiger partial charge on any atom is -0.455 e. The molecule has 2 heterocycles. The molecular formula is C26H20IN7O. The average molecular weight is 573 g/mol. The molecule has 0 saturated heterocycles. The molecule has 0 aliphatic rings. The van der Waals surface area contributed by atoms with Crippen molar-refractivity contribution in [2.75, 3.05) is 16.1 Å². The predicted octanol–water partition coefficient (Wildman–Crippen LogP) is 6.67. The van der Waals surface area contributed by atoms with Gasteiger partial charge in [0.15, 0.2) is 0 Å². The van der Waals surface area contributed by atoms with Crippen molar-refractivity contribution in [1.29, 1.82) is 0 Å². The summed E-state index contributed by atoms with van der Waals surface area (Å²) in [5.41, 5.74) is 5.59. The van der Waals surface area contributed by atoms with E-state index in [1.54, 1.807) is 6.21 Å². The number of halogens is 1. The summed E-state index contributed by atoms with van der Waals surface area (Å²) in [7, 11) is 0. The molecule has 35 heavy (non-hydrogen) atoms. The van der Waals surface area contributed by atoms with Gasteiger partial charge in [-0.05, 0) is 71.1 Å². The van der Waals surface area contributed by atoms with E-state index >= 15 is 0 Å². The third kappa shape index (κ3) is 6.21. The lowest BCUT2D eigenvalue weighted by molar-refractivity contribution is 0.575. The van der Waals surface area contributed by atoms with E-state index in [4.69, 9.17) is 4.42 Å². The van der Waals surface area contributed by atoms with Crippen LogP contribution in [0.2, 0.25) is 0 Å². The highest BCUT2D eigenvalue weighted by molar-refractivity contribution is 14.1. The average Bonchev–Trinajstić information content (AvgIpc) is 3.35. The highest BCUT2D eigenvalue weighted by Crippen LogP contribution is 2.23. The number of hydrogen-bond donors (Lipinski definition) is 3. The Bertz CT molecular complexity index is 1360. The summed E-state index contributed by atoms with van der Waals surface area (Å²) < 4.78 is 7.05. The lowest BCUT2D eigenvalue weighted by Gasteiger charge is -2.10. The summed E-state index contributed by atoms with van der Waals surface area (Å²) in [6, 6.07) is 31.2. The number of nitrogens with one attached hydrogen (secondary N) is 3. The maximum Gasteiger partial charge on any atom is 0.250 e. The highest BCUT2D eigenvalue weighted by Gasteiger charge is 2.08. The van der Waals surface area contributed by atoms with Gasteiger partial charge in [-0.15, -0.1) is 0 Å². The summed E-state index contributed by atoms with van der Waals surface area (Å²) in [6.45, 7) is 0. The zero-order chi connectivity index (χ0) is 23.9. The lowest BCUT2D eigenvalue weighted by atomic mass is 10.2. The molecule has 0 aliphatic carbocycles.